The summed E-state index contributed by atoms with van der Waals surface area (Å²) >= 11 is 9.12. The van der Waals surface area contributed by atoms with Crippen LogP contribution < -0.4 is 9.44 Å². The van der Waals surface area contributed by atoms with Crippen molar-refractivity contribution in [2.75, 3.05) is 20.9 Å². The predicted octanol–water partition coefficient (Wildman–Crippen LogP) is 5.03. The van der Waals surface area contributed by atoms with E-state index in [9.17, 15) is 0 Å². The number of hydrogen-bond donors (Lipinski definition) is 2. The summed E-state index contributed by atoms with van der Waals surface area (Å²) in [5.74, 6) is 3.08. The Morgan fingerprint density at radius 3 is 1.71 bits per heavy atom. The summed E-state index contributed by atoms with van der Waals surface area (Å²) in [4.78, 5) is 12.4. The van der Waals surface area contributed by atoms with Gasteiger partial charge in [0.1, 0.15) is 0 Å². The zero-order chi connectivity index (χ0) is 15.3. The maximum atomic E-state index is 5.91. The lowest BCUT2D eigenvalue weighted by Gasteiger charge is -2.07. The summed E-state index contributed by atoms with van der Waals surface area (Å²) in [6.07, 6.45) is 7.31. The van der Waals surface area contributed by atoms with Crippen molar-refractivity contribution in [3.8, 4) is 0 Å². The molecule has 0 aliphatic heterocycles. The molecule has 5 nitrogen and oxygen atoms in total. The van der Waals surface area contributed by atoms with Crippen LogP contribution in [0.1, 0.15) is 52.4 Å². The number of hydrogen-bond acceptors (Lipinski definition) is 7. The first-order valence-corrected chi connectivity index (χ1v) is 9.78. The van der Waals surface area contributed by atoms with Crippen LogP contribution in [0.3, 0.4) is 0 Å². The number of aromatic nitrogens is 3. The van der Waals surface area contributed by atoms with Crippen LogP contribution in [0.5, 0.6) is 0 Å². The number of rotatable bonds is 12. The molecular formula is C13H24ClN5S2. The molecule has 1 heterocycles. The Bertz CT molecular complexity index is 363. The molecule has 0 aliphatic carbocycles. The van der Waals surface area contributed by atoms with Crippen LogP contribution in [0.4, 0.5) is 11.9 Å². The third-order valence-electron chi connectivity index (χ3n) is 2.63. The predicted molar refractivity (Wildman–Crippen MR) is 96.0 cm³/mol. The normalized spacial score (nSPS) is 10.6. The standard InChI is InChI=1S/C13H24ClN5S2/c1-3-5-7-9-20-18-12-15-11(14)16-13(17-12)19-21-10-8-6-4-2/h3-10H2,1-2H3,(H2,15,16,17,18,19). The number of nitrogens with zero attached hydrogens (tertiary/aromatic N) is 3. The Balaban J connectivity index is 2.32. The maximum absolute atomic E-state index is 5.91. The second-order valence-electron chi connectivity index (χ2n) is 4.57. The third-order valence-corrected chi connectivity index (χ3v) is 4.44. The smallest absolute Gasteiger partial charge is 0.239 e. The minimum absolute atomic E-state index is 0.207. The minimum Gasteiger partial charge on any atom is -0.298 e. The molecule has 2 N–H and O–H groups in total. The maximum Gasteiger partial charge on any atom is 0.239 e. The van der Waals surface area contributed by atoms with Gasteiger partial charge < -0.3 is 0 Å². The van der Waals surface area contributed by atoms with Gasteiger partial charge in [0, 0.05) is 11.5 Å². The average molecular weight is 350 g/mol. The molecule has 0 fully saturated rings. The van der Waals surface area contributed by atoms with Crippen molar-refractivity contribution in [1.82, 2.24) is 15.0 Å². The highest BCUT2D eigenvalue weighted by atomic mass is 35.5. The van der Waals surface area contributed by atoms with E-state index in [0.717, 1.165) is 11.5 Å². The van der Waals surface area contributed by atoms with Gasteiger partial charge in [-0.25, -0.2) is 0 Å². The molecule has 0 aliphatic rings. The zero-order valence-electron chi connectivity index (χ0n) is 12.7. The molecule has 120 valence electrons. The van der Waals surface area contributed by atoms with Crippen molar-refractivity contribution >= 4 is 47.4 Å². The van der Waals surface area contributed by atoms with Gasteiger partial charge in [0.25, 0.3) is 0 Å². The monoisotopic (exact) mass is 349 g/mol. The molecule has 8 heteroatoms. The molecule has 0 bridgehead atoms. The van der Waals surface area contributed by atoms with E-state index in [-0.39, 0.29) is 5.28 Å². The Kier molecular flexibility index (Phi) is 10.8. The number of anilines is 2. The first kappa shape index (κ1) is 18.6. The van der Waals surface area contributed by atoms with Gasteiger partial charge in [-0.05, 0) is 24.4 Å². The van der Waals surface area contributed by atoms with Crippen molar-refractivity contribution in [3.05, 3.63) is 5.28 Å². The van der Waals surface area contributed by atoms with E-state index in [4.69, 9.17) is 11.6 Å². The van der Waals surface area contributed by atoms with E-state index in [1.807, 2.05) is 0 Å². The van der Waals surface area contributed by atoms with Crippen LogP contribution in [-0.4, -0.2) is 26.5 Å². The summed E-state index contributed by atoms with van der Waals surface area (Å²) in [7, 11) is 0. The molecule has 1 aromatic heterocycles. The fraction of sp³-hybridized carbons (Fsp3) is 0.769. The molecule has 0 atom stereocenters. The Morgan fingerprint density at radius 2 is 1.29 bits per heavy atom. The van der Waals surface area contributed by atoms with E-state index in [2.05, 4.69) is 38.2 Å². The van der Waals surface area contributed by atoms with Crippen molar-refractivity contribution in [2.24, 2.45) is 0 Å². The van der Waals surface area contributed by atoms with Gasteiger partial charge in [-0.15, -0.1) is 0 Å². The molecular weight excluding hydrogens is 326 g/mol. The van der Waals surface area contributed by atoms with Gasteiger partial charge in [-0.3, -0.25) is 9.44 Å². The second-order valence-corrected chi connectivity index (χ2v) is 6.71. The van der Waals surface area contributed by atoms with E-state index in [1.54, 1.807) is 23.9 Å². The van der Waals surface area contributed by atoms with Crippen molar-refractivity contribution < 1.29 is 0 Å². The molecule has 0 radical (unpaired) electrons. The van der Waals surface area contributed by atoms with Crippen molar-refractivity contribution in [2.45, 2.75) is 52.4 Å². The Hall–Kier alpha value is -0.400. The highest BCUT2D eigenvalue weighted by Crippen LogP contribution is 2.16. The summed E-state index contributed by atoms with van der Waals surface area (Å²) in [5.41, 5.74) is 0. The zero-order valence-corrected chi connectivity index (χ0v) is 15.1. The van der Waals surface area contributed by atoms with Gasteiger partial charge in [-0.2, -0.15) is 15.0 Å². The first-order valence-electron chi connectivity index (χ1n) is 7.43. The van der Waals surface area contributed by atoms with Crippen LogP contribution in [0.2, 0.25) is 5.28 Å². The molecule has 21 heavy (non-hydrogen) atoms. The van der Waals surface area contributed by atoms with E-state index in [0.29, 0.717) is 11.9 Å². The lowest BCUT2D eigenvalue weighted by molar-refractivity contribution is 0.779. The molecule has 0 amide bonds. The lowest BCUT2D eigenvalue weighted by atomic mass is 10.3. The fourth-order valence-corrected chi connectivity index (χ4v) is 3.02. The molecule has 0 spiro atoms. The van der Waals surface area contributed by atoms with Crippen molar-refractivity contribution in [1.29, 1.82) is 0 Å². The SMILES string of the molecule is CCCCCSNc1nc(Cl)nc(NSCCCCC)n1. The highest BCUT2D eigenvalue weighted by molar-refractivity contribution is 8.00. The molecule has 0 saturated carbocycles. The molecule has 0 aromatic carbocycles. The first-order chi connectivity index (χ1) is 10.3. The van der Waals surface area contributed by atoms with E-state index < -0.39 is 0 Å². The van der Waals surface area contributed by atoms with E-state index >= 15 is 0 Å². The summed E-state index contributed by atoms with van der Waals surface area (Å²) in [6.45, 7) is 4.39. The van der Waals surface area contributed by atoms with Gasteiger partial charge in [-0.1, -0.05) is 63.4 Å². The van der Waals surface area contributed by atoms with Crippen LogP contribution >= 0.6 is 35.5 Å². The van der Waals surface area contributed by atoms with Gasteiger partial charge in [0.05, 0.1) is 0 Å². The van der Waals surface area contributed by atoms with Crippen LogP contribution in [0.25, 0.3) is 0 Å². The van der Waals surface area contributed by atoms with E-state index in [1.165, 1.54) is 38.5 Å². The second kappa shape index (κ2) is 12.2. The summed E-state index contributed by atoms with van der Waals surface area (Å²) in [6, 6.07) is 0. The van der Waals surface area contributed by atoms with Gasteiger partial charge >= 0.3 is 0 Å². The van der Waals surface area contributed by atoms with Crippen LogP contribution in [0, 0.1) is 0 Å². The molecule has 1 aromatic rings. The fourth-order valence-electron chi connectivity index (χ4n) is 1.52. The average Bonchev–Trinajstić information content (AvgIpc) is 2.46. The largest absolute Gasteiger partial charge is 0.298 e. The van der Waals surface area contributed by atoms with Gasteiger partial charge in [0.15, 0.2) is 0 Å². The number of nitrogens with one attached hydrogen (secondary N) is 2. The van der Waals surface area contributed by atoms with Gasteiger partial charge in [0.2, 0.25) is 17.2 Å². The number of halogens is 1. The number of unbranched alkanes of at least 4 members (excludes halogenated alkanes) is 4. The Morgan fingerprint density at radius 1 is 0.810 bits per heavy atom. The topological polar surface area (TPSA) is 62.7 Å². The minimum atomic E-state index is 0.207. The van der Waals surface area contributed by atoms with Crippen LogP contribution in [-0.2, 0) is 0 Å². The van der Waals surface area contributed by atoms with Crippen LogP contribution in [0.15, 0.2) is 0 Å². The van der Waals surface area contributed by atoms with Crippen molar-refractivity contribution in [3.63, 3.8) is 0 Å². The third kappa shape index (κ3) is 9.26. The molecule has 0 unspecified atom stereocenters. The Labute approximate surface area is 141 Å². The highest BCUT2D eigenvalue weighted by Gasteiger charge is 2.04. The summed E-state index contributed by atoms with van der Waals surface area (Å²) in [5, 5.41) is 0.207. The molecule has 0 saturated heterocycles. The molecule has 1 rings (SSSR count). The lowest BCUT2D eigenvalue weighted by Crippen LogP contribution is -2.03. The summed E-state index contributed by atoms with van der Waals surface area (Å²) < 4.78 is 6.23. The quantitative estimate of drug-likeness (QED) is 0.405.